The summed E-state index contributed by atoms with van der Waals surface area (Å²) in [5, 5.41) is 9.37. The number of rotatable bonds is 3. The van der Waals surface area contributed by atoms with Gasteiger partial charge in [0.1, 0.15) is 5.57 Å². The van der Waals surface area contributed by atoms with Gasteiger partial charge in [-0.25, -0.2) is 9.18 Å². The Morgan fingerprint density at radius 2 is 2.15 bits per heavy atom. The summed E-state index contributed by atoms with van der Waals surface area (Å²) in [5.41, 5.74) is 7.20. The second-order valence-electron chi connectivity index (χ2n) is 8.48. The highest BCUT2D eigenvalue weighted by molar-refractivity contribution is 6.16. The Kier molecular flexibility index (Phi) is 3.07. The monoisotopic (exact) mass is 359 g/mol. The lowest BCUT2D eigenvalue weighted by Gasteiger charge is -2.43. The van der Waals surface area contributed by atoms with E-state index >= 15 is 0 Å². The van der Waals surface area contributed by atoms with Crippen molar-refractivity contribution in [3.63, 3.8) is 0 Å². The first-order valence-corrected chi connectivity index (χ1v) is 9.20. The highest BCUT2D eigenvalue weighted by Gasteiger charge is 2.58. The minimum Gasteiger partial charge on any atom is -0.478 e. The molecule has 7 heteroatoms. The van der Waals surface area contributed by atoms with Crippen LogP contribution in [0.2, 0.25) is 0 Å². The molecule has 4 unspecified atom stereocenters. The first-order valence-electron chi connectivity index (χ1n) is 9.20. The van der Waals surface area contributed by atoms with Gasteiger partial charge in [-0.3, -0.25) is 4.79 Å². The molecular weight excluding hydrogens is 337 g/mol. The summed E-state index contributed by atoms with van der Waals surface area (Å²) in [4.78, 5) is 27.4. The molecule has 2 aliphatic carbocycles. The number of carbonyl (C=O) groups is 2. The highest BCUT2D eigenvalue weighted by atomic mass is 19.1. The average molecular weight is 359 g/mol. The predicted octanol–water partition coefficient (Wildman–Crippen LogP) is 1.37. The number of carboxylic acid groups (broad SMARTS) is 1. The van der Waals surface area contributed by atoms with Gasteiger partial charge in [-0.05, 0) is 43.6 Å². The maximum Gasteiger partial charge on any atom is 0.341 e. The van der Waals surface area contributed by atoms with Crippen molar-refractivity contribution in [1.82, 2.24) is 9.80 Å². The van der Waals surface area contributed by atoms with E-state index in [0.717, 1.165) is 31.4 Å². The maximum absolute atomic E-state index is 15.0. The van der Waals surface area contributed by atoms with Crippen LogP contribution in [0.5, 0.6) is 0 Å². The zero-order valence-electron chi connectivity index (χ0n) is 14.6. The Morgan fingerprint density at radius 3 is 2.73 bits per heavy atom. The standard InChI is InChI=1S/C19H22FN3O3/c1-9-15-12(10-2-3-10)4-13(18(25)26)17(24)23(15)7-14(20)16(9)22-6-11-5-19(11,21)8-22/h4,7,10-12,15H,2-3,5-6,8,21H2,1H3,(H,25,26). The van der Waals surface area contributed by atoms with E-state index in [1.54, 1.807) is 6.08 Å². The van der Waals surface area contributed by atoms with Gasteiger partial charge in [-0.15, -0.1) is 0 Å². The van der Waals surface area contributed by atoms with E-state index in [4.69, 9.17) is 5.73 Å². The first kappa shape index (κ1) is 16.1. The predicted molar refractivity (Wildman–Crippen MR) is 91.1 cm³/mol. The topological polar surface area (TPSA) is 86.9 Å². The normalized spacial score (nSPS) is 38.7. The van der Waals surface area contributed by atoms with Crippen LogP contribution in [-0.4, -0.2) is 51.5 Å². The molecule has 5 rings (SSSR count). The number of hydrogen-bond donors (Lipinski definition) is 2. The van der Waals surface area contributed by atoms with Crippen LogP contribution in [0.4, 0.5) is 4.39 Å². The fraction of sp³-hybridized carbons (Fsp3) is 0.579. The second-order valence-corrected chi connectivity index (χ2v) is 8.48. The summed E-state index contributed by atoms with van der Waals surface area (Å²) < 4.78 is 15.0. The van der Waals surface area contributed by atoms with Crippen LogP contribution in [0.25, 0.3) is 0 Å². The summed E-state index contributed by atoms with van der Waals surface area (Å²) >= 11 is 0. The number of aliphatic carboxylic acids is 1. The largest absolute Gasteiger partial charge is 0.478 e. The lowest BCUT2D eigenvalue weighted by molar-refractivity contribution is -0.138. The van der Waals surface area contributed by atoms with Crippen molar-refractivity contribution in [3.05, 3.63) is 34.9 Å². The third-order valence-electron chi connectivity index (χ3n) is 6.70. The molecule has 0 aromatic rings. The van der Waals surface area contributed by atoms with E-state index < -0.39 is 17.7 Å². The van der Waals surface area contributed by atoms with Gasteiger partial charge in [0, 0.05) is 30.7 Å². The van der Waals surface area contributed by atoms with Crippen LogP contribution in [0.1, 0.15) is 26.2 Å². The van der Waals surface area contributed by atoms with Crippen LogP contribution < -0.4 is 5.73 Å². The molecule has 138 valence electrons. The first-order chi connectivity index (χ1) is 12.3. The highest BCUT2D eigenvalue weighted by Crippen LogP contribution is 2.52. The fourth-order valence-corrected chi connectivity index (χ4v) is 5.09. The Balaban J connectivity index is 1.56. The minimum absolute atomic E-state index is 0.0814. The number of halogens is 1. The lowest BCUT2D eigenvalue weighted by Crippen LogP contribution is -2.50. The van der Waals surface area contributed by atoms with Crippen molar-refractivity contribution < 1.29 is 19.1 Å². The molecule has 0 aromatic heterocycles. The molecule has 2 saturated carbocycles. The van der Waals surface area contributed by atoms with Gasteiger partial charge in [0.2, 0.25) is 0 Å². The molecule has 1 amide bonds. The minimum atomic E-state index is -1.25. The summed E-state index contributed by atoms with van der Waals surface area (Å²) in [6.07, 6.45) is 5.82. The van der Waals surface area contributed by atoms with Crippen LogP contribution in [-0.2, 0) is 9.59 Å². The number of carbonyl (C=O) groups excluding carboxylic acids is 1. The van der Waals surface area contributed by atoms with E-state index in [2.05, 4.69) is 0 Å². The molecule has 1 saturated heterocycles. The molecule has 26 heavy (non-hydrogen) atoms. The molecule has 5 aliphatic rings. The number of hydrogen-bond acceptors (Lipinski definition) is 4. The van der Waals surface area contributed by atoms with Crippen molar-refractivity contribution >= 4 is 11.9 Å². The average Bonchev–Trinajstić information content (AvgIpc) is 3.47. The Bertz CT molecular complexity index is 828. The Labute approximate surface area is 150 Å². The zero-order valence-corrected chi connectivity index (χ0v) is 14.6. The fourth-order valence-electron chi connectivity index (χ4n) is 5.09. The van der Waals surface area contributed by atoms with Gasteiger partial charge in [-0.2, -0.15) is 0 Å². The molecule has 6 nitrogen and oxygen atoms in total. The van der Waals surface area contributed by atoms with Crippen LogP contribution in [0.3, 0.4) is 0 Å². The summed E-state index contributed by atoms with van der Waals surface area (Å²) in [7, 11) is 0. The maximum atomic E-state index is 15.0. The molecule has 3 N–H and O–H groups in total. The quantitative estimate of drug-likeness (QED) is 0.743. The van der Waals surface area contributed by atoms with Gasteiger partial charge < -0.3 is 20.6 Å². The van der Waals surface area contributed by atoms with E-state index in [9.17, 15) is 19.1 Å². The Hall–Kier alpha value is -2.15. The summed E-state index contributed by atoms with van der Waals surface area (Å²) in [6.45, 7) is 3.25. The molecule has 3 heterocycles. The number of fused-ring (bicyclic) bond motifs is 2. The third-order valence-corrected chi connectivity index (χ3v) is 6.70. The third kappa shape index (κ3) is 2.13. The van der Waals surface area contributed by atoms with Crippen LogP contribution >= 0.6 is 0 Å². The summed E-state index contributed by atoms with van der Waals surface area (Å²) in [6, 6.07) is -0.307. The SMILES string of the molecule is CC1=C(N2CC3CC3(N)C2)C(F)=CN2C(=O)C(C(=O)O)=CC(C3CC3)C12. The summed E-state index contributed by atoms with van der Waals surface area (Å²) in [5.74, 6) is -1.67. The number of piperidine rings is 1. The number of nitrogens with two attached hydrogens (primary N) is 1. The number of nitrogens with zero attached hydrogens (tertiary/aromatic N) is 2. The van der Waals surface area contributed by atoms with E-state index in [1.165, 1.54) is 11.1 Å². The Morgan fingerprint density at radius 1 is 1.42 bits per heavy atom. The van der Waals surface area contributed by atoms with Crippen molar-refractivity contribution in [3.8, 4) is 0 Å². The smallest absolute Gasteiger partial charge is 0.341 e. The van der Waals surface area contributed by atoms with Gasteiger partial charge >= 0.3 is 5.97 Å². The molecule has 3 aliphatic heterocycles. The van der Waals surface area contributed by atoms with E-state index in [0.29, 0.717) is 24.1 Å². The van der Waals surface area contributed by atoms with Crippen molar-refractivity contribution in [1.29, 1.82) is 0 Å². The van der Waals surface area contributed by atoms with Crippen molar-refractivity contribution in [2.75, 3.05) is 13.1 Å². The van der Waals surface area contributed by atoms with Gasteiger partial charge in [0.15, 0.2) is 5.83 Å². The molecule has 0 radical (unpaired) electrons. The number of amides is 1. The van der Waals surface area contributed by atoms with Crippen LogP contribution in [0.15, 0.2) is 34.9 Å². The molecular formula is C19H22FN3O3. The number of carboxylic acids is 1. The zero-order chi connectivity index (χ0) is 18.4. The number of likely N-dealkylation sites (tertiary alicyclic amines) is 1. The van der Waals surface area contributed by atoms with Gasteiger partial charge in [0.05, 0.1) is 11.7 Å². The van der Waals surface area contributed by atoms with Crippen molar-refractivity contribution in [2.24, 2.45) is 23.5 Å². The second kappa shape index (κ2) is 4.97. The van der Waals surface area contributed by atoms with Crippen LogP contribution in [0, 0.1) is 17.8 Å². The molecule has 0 aromatic carbocycles. The number of allylic oxidation sites excluding steroid dienone is 1. The van der Waals surface area contributed by atoms with Crippen molar-refractivity contribution in [2.45, 2.75) is 37.8 Å². The lowest BCUT2D eigenvalue weighted by atomic mass is 9.81. The molecule has 3 fully saturated rings. The molecule has 4 atom stereocenters. The van der Waals surface area contributed by atoms with Gasteiger partial charge in [0.25, 0.3) is 5.91 Å². The molecule has 0 bridgehead atoms. The van der Waals surface area contributed by atoms with Gasteiger partial charge in [-0.1, -0.05) is 6.08 Å². The molecule has 0 spiro atoms. The van der Waals surface area contributed by atoms with E-state index in [1.807, 2.05) is 11.8 Å². The van der Waals surface area contributed by atoms with E-state index in [-0.39, 0.29) is 23.1 Å².